The lowest BCUT2D eigenvalue weighted by molar-refractivity contribution is 0.363. The molecule has 0 amide bonds. The van der Waals surface area contributed by atoms with Gasteiger partial charge in [-0.1, -0.05) is 0 Å². The van der Waals surface area contributed by atoms with Gasteiger partial charge in [0.25, 0.3) is 0 Å². The fraction of sp³-hybridized carbons (Fsp3) is 0.667. The molecule has 0 spiro atoms. The number of nitrogens with zero attached hydrogens (tertiary/aromatic N) is 1. The lowest BCUT2D eigenvalue weighted by Gasteiger charge is -2.24. The van der Waals surface area contributed by atoms with E-state index in [2.05, 4.69) is 10.3 Å². The topological polar surface area (TPSA) is 65.2 Å². The first-order valence-corrected chi connectivity index (χ1v) is 8.00. The standard InChI is InChI=1S/C12H19N3O2S/c16-18(17,12-5-7-13-8-12)15(11-3-4-11)9-10-2-1-6-14-10/h5,7-8,10-11,13-14H,1-4,6,9H2. The molecular formula is C12H19N3O2S. The van der Waals surface area contributed by atoms with Crippen molar-refractivity contribution in [3.05, 3.63) is 18.5 Å². The van der Waals surface area contributed by atoms with E-state index in [4.69, 9.17) is 0 Å². The minimum atomic E-state index is -3.32. The molecule has 1 saturated carbocycles. The highest BCUT2D eigenvalue weighted by Gasteiger charge is 2.39. The van der Waals surface area contributed by atoms with Crippen LogP contribution in [0, 0.1) is 0 Å². The number of H-pyrrole nitrogens is 1. The first kappa shape index (κ1) is 12.2. The Balaban J connectivity index is 1.80. The molecule has 1 aromatic rings. The van der Waals surface area contributed by atoms with Gasteiger partial charge in [-0.15, -0.1) is 0 Å². The van der Waals surface area contributed by atoms with Crippen LogP contribution in [0.2, 0.25) is 0 Å². The van der Waals surface area contributed by atoms with Gasteiger partial charge in [0, 0.05) is 31.0 Å². The molecule has 2 fully saturated rings. The summed E-state index contributed by atoms with van der Waals surface area (Å²) in [6.45, 7) is 1.62. The van der Waals surface area contributed by atoms with Crippen molar-refractivity contribution in [3.63, 3.8) is 0 Å². The fourth-order valence-electron chi connectivity index (χ4n) is 2.54. The van der Waals surface area contributed by atoms with Crippen LogP contribution in [-0.2, 0) is 10.0 Å². The molecule has 1 atom stereocenters. The second-order valence-corrected chi connectivity index (χ2v) is 7.04. The second-order valence-electron chi connectivity index (χ2n) is 5.15. The third kappa shape index (κ3) is 2.32. The third-order valence-corrected chi connectivity index (χ3v) is 5.61. The predicted molar refractivity (Wildman–Crippen MR) is 68.7 cm³/mol. The summed E-state index contributed by atoms with van der Waals surface area (Å²) in [5.74, 6) is 0. The molecule has 1 aromatic heterocycles. The van der Waals surface area contributed by atoms with Gasteiger partial charge in [0.15, 0.2) is 0 Å². The molecule has 2 N–H and O–H groups in total. The molecule has 0 bridgehead atoms. The Hall–Kier alpha value is -0.850. The summed E-state index contributed by atoms with van der Waals surface area (Å²) in [4.78, 5) is 3.20. The van der Waals surface area contributed by atoms with Gasteiger partial charge in [-0.2, -0.15) is 4.31 Å². The molecule has 100 valence electrons. The zero-order chi connectivity index (χ0) is 12.6. The lowest BCUT2D eigenvalue weighted by atomic mass is 10.2. The van der Waals surface area contributed by atoms with Crippen LogP contribution in [0.5, 0.6) is 0 Å². The van der Waals surface area contributed by atoms with Crippen molar-refractivity contribution in [1.29, 1.82) is 0 Å². The number of rotatable bonds is 5. The van der Waals surface area contributed by atoms with Gasteiger partial charge in [0.1, 0.15) is 0 Å². The van der Waals surface area contributed by atoms with E-state index in [1.54, 1.807) is 22.8 Å². The molecule has 1 aliphatic carbocycles. The molecule has 1 aliphatic heterocycles. The summed E-state index contributed by atoms with van der Waals surface area (Å²) in [5, 5.41) is 3.37. The lowest BCUT2D eigenvalue weighted by Crippen LogP contribution is -2.42. The highest BCUT2D eigenvalue weighted by atomic mass is 32.2. The predicted octanol–water partition coefficient (Wildman–Crippen LogP) is 0.920. The van der Waals surface area contributed by atoms with Crippen LogP contribution < -0.4 is 5.32 Å². The van der Waals surface area contributed by atoms with Crippen molar-refractivity contribution in [1.82, 2.24) is 14.6 Å². The normalized spacial score (nSPS) is 24.8. The monoisotopic (exact) mass is 269 g/mol. The summed E-state index contributed by atoms with van der Waals surface area (Å²) in [5.41, 5.74) is 0. The molecular weight excluding hydrogens is 250 g/mol. The highest BCUT2D eigenvalue weighted by Crippen LogP contribution is 2.32. The van der Waals surface area contributed by atoms with E-state index in [1.165, 1.54) is 0 Å². The summed E-state index contributed by atoms with van der Waals surface area (Å²) in [6, 6.07) is 2.17. The van der Waals surface area contributed by atoms with Crippen molar-refractivity contribution in [2.45, 2.75) is 42.7 Å². The third-order valence-electron chi connectivity index (χ3n) is 3.69. The number of sulfonamides is 1. The van der Waals surface area contributed by atoms with E-state index in [0.717, 1.165) is 32.2 Å². The summed E-state index contributed by atoms with van der Waals surface area (Å²) < 4.78 is 26.8. The molecule has 6 heteroatoms. The molecule has 1 unspecified atom stereocenters. The minimum absolute atomic E-state index is 0.215. The van der Waals surface area contributed by atoms with E-state index >= 15 is 0 Å². The minimum Gasteiger partial charge on any atom is -0.366 e. The number of aromatic nitrogens is 1. The van der Waals surface area contributed by atoms with E-state index in [9.17, 15) is 8.42 Å². The van der Waals surface area contributed by atoms with E-state index in [-0.39, 0.29) is 6.04 Å². The molecule has 0 radical (unpaired) electrons. The molecule has 2 aliphatic rings. The van der Waals surface area contributed by atoms with Crippen LogP contribution >= 0.6 is 0 Å². The van der Waals surface area contributed by atoms with E-state index < -0.39 is 10.0 Å². The number of aromatic amines is 1. The Morgan fingerprint density at radius 1 is 1.33 bits per heavy atom. The van der Waals surface area contributed by atoms with E-state index in [1.807, 2.05) is 0 Å². The SMILES string of the molecule is O=S(=O)(c1cc[nH]c1)N(CC1CCCN1)C1CC1. The van der Waals surface area contributed by atoms with Crippen molar-refractivity contribution < 1.29 is 8.42 Å². The molecule has 18 heavy (non-hydrogen) atoms. The Morgan fingerprint density at radius 2 is 2.17 bits per heavy atom. The largest absolute Gasteiger partial charge is 0.366 e. The van der Waals surface area contributed by atoms with Crippen molar-refractivity contribution in [3.8, 4) is 0 Å². The van der Waals surface area contributed by atoms with Gasteiger partial charge in [0.2, 0.25) is 10.0 Å². The molecule has 1 saturated heterocycles. The second kappa shape index (κ2) is 4.68. The van der Waals surface area contributed by atoms with Gasteiger partial charge in [-0.05, 0) is 38.3 Å². The van der Waals surface area contributed by atoms with Crippen LogP contribution in [0.3, 0.4) is 0 Å². The maximum Gasteiger partial charge on any atom is 0.244 e. The fourth-order valence-corrected chi connectivity index (χ4v) is 4.25. The summed E-state index contributed by atoms with van der Waals surface area (Å²) in [6.07, 6.45) is 7.44. The Labute approximate surface area is 108 Å². The number of hydrogen-bond acceptors (Lipinski definition) is 3. The maximum absolute atomic E-state index is 12.5. The highest BCUT2D eigenvalue weighted by molar-refractivity contribution is 7.89. The van der Waals surface area contributed by atoms with Gasteiger partial charge >= 0.3 is 0 Å². The average Bonchev–Trinajstić information content (AvgIpc) is 2.87. The Morgan fingerprint density at radius 3 is 2.72 bits per heavy atom. The quantitative estimate of drug-likeness (QED) is 0.835. The van der Waals surface area contributed by atoms with Crippen LogP contribution in [-0.4, -0.2) is 42.9 Å². The first-order chi connectivity index (χ1) is 8.68. The Bertz CT molecular complexity index is 487. The average molecular weight is 269 g/mol. The van der Waals surface area contributed by atoms with Crippen LogP contribution in [0.4, 0.5) is 0 Å². The van der Waals surface area contributed by atoms with Crippen molar-refractivity contribution in [2.75, 3.05) is 13.1 Å². The van der Waals surface area contributed by atoms with Crippen LogP contribution in [0.15, 0.2) is 23.4 Å². The van der Waals surface area contributed by atoms with Crippen LogP contribution in [0.25, 0.3) is 0 Å². The van der Waals surface area contributed by atoms with Gasteiger partial charge in [-0.3, -0.25) is 0 Å². The number of hydrogen-bond donors (Lipinski definition) is 2. The molecule has 5 nitrogen and oxygen atoms in total. The Kier molecular flexibility index (Phi) is 3.17. The first-order valence-electron chi connectivity index (χ1n) is 6.56. The smallest absolute Gasteiger partial charge is 0.244 e. The zero-order valence-corrected chi connectivity index (χ0v) is 11.1. The van der Waals surface area contributed by atoms with E-state index in [0.29, 0.717) is 17.5 Å². The molecule has 0 aromatic carbocycles. The number of nitrogens with one attached hydrogen (secondary N) is 2. The van der Waals surface area contributed by atoms with Gasteiger partial charge < -0.3 is 10.3 Å². The zero-order valence-electron chi connectivity index (χ0n) is 10.3. The molecule has 3 rings (SSSR count). The summed E-state index contributed by atoms with van der Waals surface area (Å²) >= 11 is 0. The van der Waals surface area contributed by atoms with Gasteiger partial charge in [-0.25, -0.2) is 8.42 Å². The maximum atomic E-state index is 12.5. The van der Waals surface area contributed by atoms with Crippen LogP contribution in [0.1, 0.15) is 25.7 Å². The van der Waals surface area contributed by atoms with Crippen molar-refractivity contribution >= 4 is 10.0 Å². The molecule has 2 heterocycles. The van der Waals surface area contributed by atoms with Gasteiger partial charge in [0.05, 0.1) is 4.90 Å². The summed E-state index contributed by atoms with van der Waals surface area (Å²) in [7, 11) is -3.32. The van der Waals surface area contributed by atoms with Crippen molar-refractivity contribution in [2.24, 2.45) is 0 Å².